The number of benzene rings is 2. The molecule has 1 heterocycles. The van der Waals surface area contributed by atoms with Gasteiger partial charge in [-0.05, 0) is 29.7 Å². The van der Waals surface area contributed by atoms with Gasteiger partial charge in [0.15, 0.2) is 0 Å². The van der Waals surface area contributed by atoms with Crippen molar-refractivity contribution in [3.8, 4) is 0 Å². The van der Waals surface area contributed by atoms with E-state index >= 15 is 0 Å². The lowest BCUT2D eigenvalue weighted by atomic mass is 9.99. The van der Waals surface area contributed by atoms with Crippen LogP contribution < -0.4 is 0 Å². The third-order valence-corrected chi connectivity index (χ3v) is 4.49. The molecule has 0 aliphatic carbocycles. The van der Waals surface area contributed by atoms with Crippen molar-refractivity contribution in [1.29, 1.82) is 0 Å². The molecule has 0 fully saturated rings. The number of hydrogen-bond donors (Lipinski definition) is 0. The van der Waals surface area contributed by atoms with E-state index in [0.29, 0.717) is 23.0 Å². The Morgan fingerprint density at radius 3 is 2.32 bits per heavy atom. The first kappa shape index (κ1) is 15.1. The molecule has 0 N–H and O–H groups in total. The molecule has 2 nitrogen and oxygen atoms in total. The number of halogens is 2. The molecule has 0 radical (unpaired) electrons. The summed E-state index contributed by atoms with van der Waals surface area (Å²) in [6.45, 7) is 0.586. The molecule has 3 rings (SSSR count). The minimum absolute atomic E-state index is 0.0832. The zero-order valence-electron chi connectivity index (χ0n) is 11.9. The maximum atomic E-state index is 12.5. The molecule has 1 amide bonds. The van der Waals surface area contributed by atoms with Crippen LogP contribution in [-0.4, -0.2) is 10.8 Å². The van der Waals surface area contributed by atoms with Crippen molar-refractivity contribution in [2.45, 2.75) is 13.0 Å². The molecule has 0 aromatic heterocycles. The van der Waals surface area contributed by atoms with E-state index in [-0.39, 0.29) is 11.8 Å². The smallest absolute Gasteiger partial charge is 0.234 e. The average molecular weight is 332 g/mol. The van der Waals surface area contributed by atoms with Crippen LogP contribution in [0, 0.1) is 5.92 Å². The second-order valence-electron chi connectivity index (χ2n) is 5.30. The molecule has 1 aliphatic heterocycles. The van der Waals surface area contributed by atoms with Crippen LogP contribution in [0.4, 0.5) is 0 Å². The molecule has 2 aromatic carbocycles. The Balaban J connectivity index is 1.71. The first-order chi connectivity index (χ1) is 10.6. The van der Waals surface area contributed by atoms with Crippen molar-refractivity contribution >= 4 is 29.1 Å². The zero-order chi connectivity index (χ0) is 15.5. The lowest BCUT2D eigenvalue weighted by Gasteiger charge is -2.17. The van der Waals surface area contributed by atoms with Crippen LogP contribution in [0.5, 0.6) is 0 Å². The quantitative estimate of drug-likeness (QED) is 0.794. The second kappa shape index (κ2) is 6.55. The predicted octanol–water partition coefficient (Wildman–Crippen LogP) is 4.71. The van der Waals surface area contributed by atoms with Gasteiger partial charge < -0.3 is 4.90 Å². The number of rotatable bonds is 4. The number of carbonyl (C=O) groups excluding carboxylic acids is 1. The fourth-order valence-electron chi connectivity index (χ4n) is 2.59. The minimum atomic E-state index is -0.207. The van der Waals surface area contributed by atoms with Crippen molar-refractivity contribution < 1.29 is 4.79 Å². The number of nitrogens with zero attached hydrogens (tertiary/aromatic N) is 1. The van der Waals surface area contributed by atoms with E-state index in [4.69, 9.17) is 23.2 Å². The summed E-state index contributed by atoms with van der Waals surface area (Å²) in [5.74, 6) is -0.124. The van der Waals surface area contributed by atoms with E-state index in [0.717, 1.165) is 11.1 Å². The van der Waals surface area contributed by atoms with E-state index < -0.39 is 0 Å². The van der Waals surface area contributed by atoms with Crippen LogP contribution in [0.25, 0.3) is 0 Å². The van der Waals surface area contributed by atoms with Gasteiger partial charge in [0.25, 0.3) is 0 Å². The van der Waals surface area contributed by atoms with Gasteiger partial charge in [0, 0.05) is 16.2 Å². The largest absolute Gasteiger partial charge is 0.314 e. The van der Waals surface area contributed by atoms with Gasteiger partial charge in [-0.2, -0.15) is 0 Å². The Morgan fingerprint density at radius 1 is 0.955 bits per heavy atom. The summed E-state index contributed by atoms with van der Waals surface area (Å²) in [5, 5.41) is 1.21. The summed E-state index contributed by atoms with van der Waals surface area (Å²) < 4.78 is 0. The van der Waals surface area contributed by atoms with Crippen molar-refractivity contribution in [2.75, 3.05) is 0 Å². The summed E-state index contributed by atoms with van der Waals surface area (Å²) in [6.07, 6.45) is 4.30. The molecule has 1 unspecified atom stereocenters. The number of carbonyl (C=O) groups is 1. The van der Waals surface area contributed by atoms with Crippen LogP contribution in [0.15, 0.2) is 60.8 Å². The van der Waals surface area contributed by atoms with Gasteiger partial charge >= 0.3 is 0 Å². The van der Waals surface area contributed by atoms with Gasteiger partial charge in [0.2, 0.25) is 5.91 Å². The number of hydrogen-bond acceptors (Lipinski definition) is 1. The Hall–Kier alpha value is -1.77. The molecule has 2 aromatic rings. The molecule has 0 saturated carbocycles. The van der Waals surface area contributed by atoms with E-state index in [1.807, 2.05) is 48.7 Å². The first-order valence-corrected chi connectivity index (χ1v) is 7.86. The lowest BCUT2D eigenvalue weighted by molar-refractivity contribution is -0.130. The first-order valence-electron chi connectivity index (χ1n) is 7.11. The molecule has 0 bridgehead atoms. The van der Waals surface area contributed by atoms with Crippen molar-refractivity contribution in [1.82, 2.24) is 4.90 Å². The summed E-state index contributed by atoms with van der Waals surface area (Å²) in [6, 6.07) is 15.3. The van der Waals surface area contributed by atoms with Gasteiger partial charge in [0.05, 0.1) is 12.5 Å². The zero-order valence-corrected chi connectivity index (χ0v) is 13.4. The third kappa shape index (κ3) is 3.18. The SMILES string of the molecule is O=C1C(Cc2c(Cl)cccc2Cl)C=CN1Cc1ccccc1. The molecule has 0 saturated heterocycles. The summed E-state index contributed by atoms with van der Waals surface area (Å²) in [5.41, 5.74) is 1.94. The highest BCUT2D eigenvalue weighted by atomic mass is 35.5. The minimum Gasteiger partial charge on any atom is -0.314 e. The van der Waals surface area contributed by atoms with Crippen LogP contribution >= 0.6 is 23.2 Å². The van der Waals surface area contributed by atoms with Gasteiger partial charge in [-0.3, -0.25) is 4.79 Å². The van der Waals surface area contributed by atoms with Crippen LogP contribution in [0.2, 0.25) is 10.0 Å². The van der Waals surface area contributed by atoms with Crippen LogP contribution in [0.3, 0.4) is 0 Å². The van der Waals surface area contributed by atoms with Crippen LogP contribution in [0.1, 0.15) is 11.1 Å². The Morgan fingerprint density at radius 2 is 1.64 bits per heavy atom. The normalized spacial score (nSPS) is 17.3. The standard InChI is InChI=1S/C18H15Cl2NO/c19-16-7-4-8-17(20)15(16)11-14-9-10-21(18(14)22)12-13-5-2-1-3-6-13/h1-10,14H,11-12H2. The Kier molecular flexibility index (Phi) is 4.51. The monoisotopic (exact) mass is 331 g/mol. The highest BCUT2D eigenvalue weighted by Crippen LogP contribution is 2.29. The fourth-order valence-corrected chi connectivity index (χ4v) is 3.14. The summed E-state index contributed by atoms with van der Waals surface area (Å²) >= 11 is 12.4. The topological polar surface area (TPSA) is 20.3 Å². The van der Waals surface area contributed by atoms with Gasteiger partial charge in [-0.25, -0.2) is 0 Å². The molecular formula is C18H15Cl2NO. The van der Waals surface area contributed by atoms with Gasteiger partial charge in [0.1, 0.15) is 0 Å². The highest BCUT2D eigenvalue weighted by Gasteiger charge is 2.28. The van der Waals surface area contributed by atoms with E-state index in [1.54, 1.807) is 17.0 Å². The molecule has 4 heteroatoms. The van der Waals surface area contributed by atoms with Crippen LogP contribution in [-0.2, 0) is 17.8 Å². The lowest BCUT2D eigenvalue weighted by Crippen LogP contribution is -2.26. The molecule has 0 spiro atoms. The van der Waals surface area contributed by atoms with Crippen molar-refractivity contribution in [3.63, 3.8) is 0 Å². The van der Waals surface area contributed by atoms with E-state index in [2.05, 4.69) is 0 Å². The maximum Gasteiger partial charge on any atom is 0.234 e. The molecule has 22 heavy (non-hydrogen) atoms. The molecule has 1 aliphatic rings. The van der Waals surface area contributed by atoms with E-state index in [9.17, 15) is 4.79 Å². The predicted molar refractivity (Wildman–Crippen MR) is 89.8 cm³/mol. The van der Waals surface area contributed by atoms with Gasteiger partial charge in [-0.15, -0.1) is 0 Å². The second-order valence-corrected chi connectivity index (χ2v) is 6.12. The maximum absolute atomic E-state index is 12.5. The highest BCUT2D eigenvalue weighted by molar-refractivity contribution is 6.36. The summed E-state index contributed by atoms with van der Waals surface area (Å²) in [4.78, 5) is 14.3. The summed E-state index contributed by atoms with van der Waals surface area (Å²) in [7, 11) is 0. The fraction of sp³-hybridized carbons (Fsp3) is 0.167. The average Bonchev–Trinajstić information content (AvgIpc) is 2.85. The molecular weight excluding hydrogens is 317 g/mol. The van der Waals surface area contributed by atoms with Gasteiger partial charge in [-0.1, -0.05) is 65.7 Å². The Labute approximate surface area is 140 Å². The van der Waals surface area contributed by atoms with Crippen molar-refractivity contribution in [3.05, 3.63) is 82.0 Å². The Bertz CT molecular complexity index is 692. The molecule has 112 valence electrons. The van der Waals surface area contributed by atoms with Crippen molar-refractivity contribution in [2.24, 2.45) is 5.92 Å². The third-order valence-electron chi connectivity index (χ3n) is 3.78. The number of amides is 1. The molecule has 1 atom stereocenters. The van der Waals surface area contributed by atoms with E-state index in [1.165, 1.54) is 0 Å².